The molecule has 0 aliphatic heterocycles. The Hall–Kier alpha value is -5.16. The minimum atomic E-state index is -6.03. The Balaban J connectivity index is 0.000000261. The minimum Gasteiger partial charge on any atom is -0.508 e. The van der Waals surface area contributed by atoms with E-state index in [1.807, 2.05) is 0 Å². The third-order valence-corrected chi connectivity index (χ3v) is 7.07. The lowest BCUT2D eigenvalue weighted by Crippen LogP contribution is -2.54. The van der Waals surface area contributed by atoms with Crippen LogP contribution in [0, 0.1) is 0 Å². The molecule has 18 heteroatoms. The molecule has 0 bridgehead atoms. The van der Waals surface area contributed by atoms with Crippen molar-refractivity contribution < 1.29 is 83.3 Å². The highest BCUT2D eigenvalue weighted by Crippen LogP contribution is 2.60. The summed E-state index contributed by atoms with van der Waals surface area (Å²) in [4.78, 5) is 0. The first kappa shape index (κ1) is 37.3. The number of halogens is 12. The molecule has 0 aromatic heterocycles. The van der Waals surface area contributed by atoms with Crippen LogP contribution in [0.3, 0.4) is 0 Å². The van der Waals surface area contributed by atoms with Gasteiger partial charge in [0.25, 0.3) is 0 Å². The monoisotopic (exact) mass is 704 g/mol. The van der Waals surface area contributed by atoms with Crippen LogP contribution in [0.1, 0.15) is 22.3 Å². The first-order chi connectivity index (χ1) is 21.8. The molecule has 6 N–H and O–H groups in total. The van der Waals surface area contributed by atoms with Gasteiger partial charge in [0.05, 0.1) is 0 Å². The first-order valence-corrected chi connectivity index (χ1v) is 12.7. The van der Waals surface area contributed by atoms with E-state index >= 15 is 0 Å². The van der Waals surface area contributed by atoms with Crippen molar-refractivity contribution >= 4 is 0 Å². The number of phenolic OH excluding ortho intramolecular Hbond substituents is 6. The van der Waals surface area contributed by atoms with Crippen molar-refractivity contribution in [2.45, 2.75) is 35.5 Å². The SMILES string of the molecule is Oc1ccc(C(c2ccc(O)cc2)(C(F)(F)F)C(F)(F)F)cc1.Oc1ccc(C(c2ccc(O)cc2O)(C(F)(F)F)C(F)(F)F)c(O)c1. The van der Waals surface area contributed by atoms with E-state index in [0.717, 1.165) is 24.3 Å². The number of hydrogen-bond donors (Lipinski definition) is 6. The molecule has 260 valence electrons. The molecule has 0 unspecified atom stereocenters. The van der Waals surface area contributed by atoms with Crippen molar-refractivity contribution in [3.8, 4) is 34.5 Å². The van der Waals surface area contributed by atoms with Crippen LogP contribution in [0.4, 0.5) is 52.7 Å². The van der Waals surface area contributed by atoms with Crippen LogP contribution in [0.2, 0.25) is 0 Å². The number of rotatable bonds is 4. The Morgan fingerprint density at radius 2 is 0.562 bits per heavy atom. The van der Waals surface area contributed by atoms with Gasteiger partial charge in [-0.25, -0.2) is 0 Å². The van der Waals surface area contributed by atoms with Crippen LogP contribution >= 0.6 is 0 Å². The van der Waals surface area contributed by atoms with Crippen molar-refractivity contribution in [2.24, 2.45) is 0 Å². The summed E-state index contributed by atoms with van der Waals surface area (Å²) in [5.41, 5.74) is -14.5. The van der Waals surface area contributed by atoms with Crippen LogP contribution in [-0.4, -0.2) is 55.3 Å². The Kier molecular flexibility index (Phi) is 9.68. The van der Waals surface area contributed by atoms with Gasteiger partial charge in [-0.3, -0.25) is 0 Å². The number of phenols is 6. The lowest BCUT2D eigenvalue weighted by Gasteiger charge is -2.38. The maximum atomic E-state index is 13.7. The highest BCUT2D eigenvalue weighted by molar-refractivity contribution is 5.57. The number of aromatic hydroxyl groups is 6. The number of benzene rings is 4. The molecule has 0 amide bonds. The molecule has 0 aliphatic rings. The summed E-state index contributed by atoms with van der Waals surface area (Å²) in [6.45, 7) is 0. The van der Waals surface area contributed by atoms with Gasteiger partial charge in [0.1, 0.15) is 34.5 Å². The van der Waals surface area contributed by atoms with Crippen LogP contribution in [0.15, 0.2) is 84.9 Å². The Morgan fingerprint density at radius 3 is 0.792 bits per heavy atom. The summed E-state index contributed by atoms with van der Waals surface area (Å²) in [5.74, 6) is -5.37. The summed E-state index contributed by atoms with van der Waals surface area (Å²) in [6, 6.07) is 7.54. The average molecular weight is 704 g/mol. The van der Waals surface area contributed by atoms with E-state index in [1.54, 1.807) is 0 Å². The fourth-order valence-electron chi connectivity index (χ4n) is 5.00. The van der Waals surface area contributed by atoms with Gasteiger partial charge in [0, 0.05) is 23.3 Å². The quantitative estimate of drug-likeness (QED) is 0.119. The van der Waals surface area contributed by atoms with Gasteiger partial charge >= 0.3 is 24.7 Å². The van der Waals surface area contributed by atoms with Crippen LogP contribution < -0.4 is 0 Å². The van der Waals surface area contributed by atoms with Crippen molar-refractivity contribution in [1.82, 2.24) is 0 Å². The van der Waals surface area contributed by atoms with E-state index in [0.29, 0.717) is 48.5 Å². The van der Waals surface area contributed by atoms with Gasteiger partial charge in [0.15, 0.2) is 0 Å². The van der Waals surface area contributed by atoms with E-state index in [-0.39, 0.29) is 12.1 Å². The number of hydrogen-bond acceptors (Lipinski definition) is 6. The van der Waals surface area contributed by atoms with Crippen LogP contribution in [-0.2, 0) is 10.8 Å². The molecule has 4 aromatic rings. The lowest BCUT2D eigenvalue weighted by molar-refractivity contribution is -0.290. The summed E-state index contributed by atoms with van der Waals surface area (Å²) in [7, 11) is 0. The smallest absolute Gasteiger partial charge is 0.411 e. The molecule has 0 atom stereocenters. The highest BCUT2D eigenvalue weighted by Gasteiger charge is 2.74. The van der Waals surface area contributed by atoms with Gasteiger partial charge in [0.2, 0.25) is 10.8 Å². The fourth-order valence-corrected chi connectivity index (χ4v) is 5.00. The molecule has 0 radical (unpaired) electrons. The summed E-state index contributed by atoms with van der Waals surface area (Å²) in [5, 5.41) is 55.9. The molecule has 0 spiro atoms. The van der Waals surface area contributed by atoms with E-state index < -0.39 is 92.3 Å². The van der Waals surface area contributed by atoms with Crippen LogP contribution in [0.25, 0.3) is 0 Å². The normalized spacial score (nSPS) is 13.1. The molecule has 4 rings (SSSR count). The van der Waals surface area contributed by atoms with Crippen molar-refractivity contribution in [2.75, 3.05) is 0 Å². The van der Waals surface area contributed by atoms with Gasteiger partial charge in [-0.05, 0) is 47.5 Å². The zero-order valence-electron chi connectivity index (χ0n) is 23.3. The molecule has 48 heavy (non-hydrogen) atoms. The van der Waals surface area contributed by atoms with Crippen LogP contribution in [0.5, 0.6) is 34.5 Å². The zero-order chi connectivity index (χ0) is 36.7. The largest absolute Gasteiger partial charge is 0.508 e. The second-order valence-corrected chi connectivity index (χ2v) is 9.99. The highest BCUT2D eigenvalue weighted by atomic mass is 19.4. The second-order valence-electron chi connectivity index (χ2n) is 9.99. The Morgan fingerprint density at radius 1 is 0.312 bits per heavy atom. The lowest BCUT2D eigenvalue weighted by atomic mass is 9.72. The summed E-state index contributed by atoms with van der Waals surface area (Å²) in [6.07, 6.45) is -23.5. The molecule has 0 fully saturated rings. The molecule has 0 aliphatic carbocycles. The molecule has 4 aromatic carbocycles. The third-order valence-electron chi connectivity index (χ3n) is 7.07. The minimum absolute atomic E-state index is 0.262. The van der Waals surface area contributed by atoms with Gasteiger partial charge in [-0.15, -0.1) is 0 Å². The first-order valence-electron chi connectivity index (χ1n) is 12.7. The van der Waals surface area contributed by atoms with Gasteiger partial charge in [-0.2, -0.15) is 52.7 Å². The van der Waals surface area contributed by atoms with E-state index in [2.05, 4.69) is 0 Å². The van der Waals surface area contributed by atoms with Gasteiger partial charge in [-0.1, -0.05) is 36.4 Å². The summed E-state index contributed by atoms with van der Waals surface area (Å²) >= 11 is 0. The standard InChI is InChI=1S/C15H10F6O4.C15H10F6O2/c16-14(17,18)13(15(19,20)21,9-3-1-7(22)5-11(9)24)10-4-2-8(23)6-12(10)25;16-14(17,18)13(15(19,20)21,9-1-5-11(22)6-2-9)10-3-7-12(23)8-4-10/h1-6,22-25H;1-8,22-23H. The molecular weight excluding hydrogens is 684 g/mol. The molecule has 6 nitrogen and oxygen atoms in total. The maximum absolute atomic E-state index is 13.7. The Bertz CT molecular complexity index is 1600. The Labute approximate surface area is 261 Å². The maximum Gasteiger partial charge on any atom is 0.411 e. The topological polar surface area (TPSA) is 121 Å². The van der Waals surface area contributed by atoms with E-state index in [9.17, 15) is 62.9 Å². The number of alkyl halides is 12. The van der Waals surface area contributed by atoms with Gasteiger partial charge < -0.3 is 30.6 Å². The second kappa shape index (κ2) is 12.5. The molecule has 0 saturated carbocycles. The third kappa shape index (κ3) is 6.37. The molecule has 0 heterocycles. The molecule has 0 saturated heterocycles. The van der Waals surface area contributed by atoms with E-state index in [1.165, 1.54) is 0 Å². The predicted molar refractivity (Wildman–Crippen MR) is 142 cm³/mol. The van der Waals surface area contributed by atoms with Crippen molar-refractivity contribution in [3.05, 3.63) is 107 Å². The fraction of sp³-hybridized carbons (Fsp3) is 0.200. The summed E-state index contributed by atoms with van der Waals surface area (Å²) < 4.78 is 164. The predicted octanol–water partition coefficient (Wildman–Crippen LogP) is 8.43. The molecular formula is C30H20F12O6. The van der Waals surface area contributed by atoms with E-state index in [4.69, 9.17) is 20.4 Å². The van der Waals surface area contributed by atoms with Crippen molar-refractivity contribution in [3.63, 3.8) is 0 Å². The van der Waals surface area contributed by atoms with Crippen molar-refractivity contribution in [1.29, 1.82) is 0 Å². The average Bonchev–Trinajstić information content (AvgIpc) is 2.91. The zero-order valence-corrected chi connectivity index (χ0v) is 23.3.